The van der Waals surface area contributed by atoms with Crippen molar-refractivity contribution in [3.8, 4) is 34.8 Å². The molecule has 8 aromatic rings. The van der Waals surface area contributed by atoms with Crippen LogP contribution in [0.4, 0.5) is 17.1 Å². The first-order valence-electron chi connectivity index (χ1n) is 17.2. The molecule has 5 nitrogen and oxygen atoms in total. The molecule has 1 aliphatic carbocycles. The van der Waals surface area contributed by atoms with Crippen molar-refractivity contribution < 1.29 is 0 Å². The van der Waals surface area contributed by atoms with Crippen LogP contribution >= 0.6 is 11.3 Å². The van der Waals surface area contributed by atoms with Crippen molar-refractivity contribution in [3.63, 3.8) is 0 Å². The molecule has 0 spiro atoms. The number of fused-ring (bicyclic) bond motifs is 4. The average molecular weight is 684 g/mol. The summed E-state index contributed by atoms with van der Waals surface area (Å²) in [7, 11) is 0. The van der Waals surface area contributed by atoms with Gasteiger partial charge in [0.05, 0.1) is 38.4 Å². The maximum absolute atomic E-state index is 10.8. The molecule has 0 radical (unpaired) electrons. The van der Waals surface area contributed by atoms with Crippen molar-refractivity contribution in [2.75, 3.05) is 4.90 Å². The van der Waals surface area contributed by atoms with E-state index in [1.54, 1.807) is 17.4 Å². The summed E-state index contributed by atoms with van der Waals surface area (Å²) in [5.41, 5.74) is 8.95. The van der Waals surface area contributed by atoms with Gasteiger partial charge < -0.3 is 4.90 Å². The lowest BCUT2D eigenvalue weighted by molar-refractivity contribution is 1.04. The van der Waals surface area contributed by atoms with Crippen LogP contribution in [0.1, 0.15) is 29.5 Å². The van der Waals surface area contributed by atoms with Gasteiger partial charge in [-0.15, -0.1) is 11.3 Å². The van der Waals surface area contributed by atoms with E-state index >= 15 is 0 Å². The Bertz CT molecular complexity index is 2820. The van der Waals surface area contributed by atoms with Gasteiger partial charge in [-0.25, -0.2) is 9.97 Å². The Balaban J connectivity index is 1.25. The predicted molar refractivity (Wildman–Crippen MR) is 214 cm³/mol. The normalized spacial score (nSPS) is 12.5. The molecule has 0 N–H and O–H groups in total. The van der Waals surface area contributed by atoms with Crippen LogP contribution in [0.3, 0.4) is 0 Å². The topological polar surface area (TPSA) is 76.6 Å². The predicted octanol–water partition coefficient (Wildman–Crippen LogP) is 12.3. The van der Waals surface area contributed by atoms with Crippen molar-refractivity contribution in [1.82, 2.24) is 9.97 Å². The fourth-order valence-corrected chi connectivity index (χ4v) is 8.30. The van der Waals surface area contributed by atoms with Gasteiger partial charge in [0.15, 0.2) is 5.82 Å². The van der Waals surface area contributed by atoms with Crippen LogP contribution in [0, 0.1) is 22.7 Å². The smallest absolute Gasteiger partial charge is 0.160 e. The Kier molecular flexibility index (Phi) is 7.86. The van der Waals surface area contributed by atoms with Crippen LogP contribution in [-0.2, 0) is 0 Å². The standard InChI is InChI=1S/C46H29N5S/c47-28-34-15-9-18-39-43(49-46(50-44(34)39)32-13-5-2-6-14-32)33-23-26-40(35(27-33)29-48)51(36-24-21-31(22-25-36)30-11-3-1-4-12-30)41-19-10-17-38-37-16-7-8-20-42(37)52-45(38)41/h2-3,5-27H,1,4H2. The van der Waals surface area contributed by atoms with Gasteiger partial charge in [0, 0.05) is 37.7 Å². The molecule has 6 heteroatoms. The minimum atomic E-state index is 0.473. The molecule has 0 atom stereocenters. The molecule has 0 saturated carbocycles. The Labute approximate surface area is 305 Å². The molecule has 0 amide bonds. The molecule has 1 aliphatic rings. The van der Waals surface area contributed by atoms with Crippen LogP contribution in [0.2, 0.25) is 0 Å². The molecular weight excluding hydrogens is 655 g/mol. The lowest BCUT2D eigenvalue weighted by atomic mass is 9.98. The van der Waals surface area contributed by atoms with Gasteiger partial charge in [0.25, 0.3) is 0 Å². The van der Waals surface area contributed by atoms with E-state index < -0.39 is 0 Å². The number of rotatable bonds is 6. The number of allylic oxidation sites excluding steroid dienone is 4. The number of aromatic nitrogens is 2. The number of benzene rings is 6. The highest BCUT2D eigenvalue weighted by atomic mass is 32.1. The van der Waals surface area contributed by atoms with E-state index in [2.05, 4.69) is 102 Å². The van der Waals surface area contributed by atoms with Crippen LogP contribution in [0.15, 0.2) is 152 Å². The lowest BCUT2D eigenvalue weighted by Gasteiger charge is -2.27. The van der Waals surface area contributed by atoms with E-state index in [4.69, 9.17) is 9.97 Å². The highest BCUT2D eigenvalue weighted by molar-refractivity contribution is 7.26. The summed E-state index contributed by atoms with van der Waals surface area (Å²) >= 11 is 1.76. The van der Waals surface area contributed by atoms with Crippen molar-refractivity contribution in [3.05, 3.63) is 168 Å². The minimum Gasteiger partial charge on any atom is -0.308 e. The fraction of sp³-hybridized carbons (Fsp3) is 0.0435. The highest BCUT2D eigenvalue weighted by Crippen LogP contribution is 2.46. The first-order valence-corrected chi connectivity index (χ1v) is 18.0. The van der Waals surface area contributed by atoms with Crippen LogP contribution in [0.5, 0.6) is 0 Å². The summed E-state index contributed by atoms with van der Waals surface area (Å²) in [6.45, 7) is 0. The molecular formula is C46H29N5S. The van der Waals surface area contributed by atoms with E-state index in [1.807, 2.05) is 60.7 Å². The Morgan fingerprint density at radius 3 is 2.15 bits per heavy atom. The number of nitriles is 2. The van der Waals surface area contributed by atoms with Gasteiger partial charge in [-0.05, 0) is 66.4 Å². The van der Waals surface area contributed by atoms with Crippen molar-refractivity contribution in [1.29, 1.82) is 10.5 Å². The number of thiophene rings is 1. The van der Waals surface area contributed by atoms with E-state index in [0.717, 1.165) is 56.7 Å². The summed E-state index contributed by atoms with van der Waals surface area (Å²) < 4.78 is 2.37. The van der Waals surface area contributed by atoms with Gasteiger partial charge in [0.1, 0.15) is 12.1 Å². The van der Waals surface area contributed by atoms with Crippen LogP contribution < -0.4 is 4.90 Å². The first-order chi connectivity index (χ1) is 25.7. The van der Waals surface area contributed by atoms with E-state index in [9.17, 15) is 10.5 Å². The molecule has 6 aromatic carbocycles. The number of hydrogen-bond acceptors (Lipinski definition) is 6. The molecule has 244 valence electrons. The summed E-state index contributed by atoms with van der Waals surface area (Å²) in [4.78, 5) is 12.1. The summed E-state index contributed by atoms with van der Waals surface area (Å²) in [5.74, 6) is 0.523. The van der Waals surface area contributed by atoms with Crippen LogP contribution in [-0.4, -0.2) is 9.97 Å². The van der Waals surface area contributed by atoms with Gasteiger partial charge in [0.2, 0.25) is 0 Å². The molecule has 0 unspecified atom stereocenters. The van der Waals surface area contributed by atoms with E-state index in [-0.39, 0.29) is 0 Å². The Morgan fingerprint density at radius 2 is 1.35 bits per heavy atom. The molecule has 0 saturated heterocycles. The Morgan fingerprint density at radius 1 is 0.596 bits per heavy atom. The second kappa shape index (κ2) is 13.1. The number of para-hydroxylation sites is 1. The second-order valence-electron chi connectivity index (χ2n) is 12.7. The minimum absolute atomic E-state index is 0.473. The number of anilines is 3. The molecule has 0 aliphatic heterocycles. The fourth-order valence-electron chi connectivity index (χ4n) is 7.09. The van der Waals surface area contributed by atoms with E-state index in [1.165, 1.54) is 21.0 Å². The zero-order chi connectivity index (χ0) is 35.0. The van der Waals surface area contributed by atoms with Gasteiger partial charge in [-0.3, -0.25) is 0 Å². The molecule has 0 fully saturated rings. The summed E-state index contributed by atoms with van der Waals surface area (Å²) in [6, 6.07) is 49.7. The SMILES string of the molecule is N#Cc1cc(-c2nc(-c3ccccc3)nc3c(C#N)cccc23)ccc1N(c1ccc(C2=CCCC=C2)cc1)c1cccc2c1sc1ccccc12. The van der Waals surface area contributed by atoms with Gasteiger partial charge in [-0.2, -0.15) is 10.5 Å². The third-order valence-corrected chi connectivity index (χ3v) is 10.8. The molecule has 2 heterocycles. The van der Waals surface area contributed by atoms with Crippen molar-refractivity contribution in [2.24, 2.45) is 0 Å². The van der Waals surface area contributed by atoms with Gasteiger partial charge in [-0.1, -0.05) is 109 Å². The zero-order valence-electron chi connectivity index (χ0n) is 28.0. The molecule has 52 heavy (non-hydrogen) atoms. The van der Waals surface area contributed by atoms with Gasteiger partial charge >= 0.3 is 0 Å². The average Bonchev–Trinajstić information content (AvgIpc) is 3.61. The highest BCUT2D eigenvalue weighted by Gasteiger charge is 2.22. The molecule has 0 bridgehead atoms. The van der Waals surface area contributed by atoms with Crippen molar-refractivity contribution >= 4 is 65.0 Å². The third-order valence-electron chi connectivity index (χ3n) is 9.59. The molecule has 2 aromatic heterocycles. The maximum Gasteiger partial charge on any atom is 0.160 e. The largest absolute Gasteiger partial charge is 0.308 e. The first kappa shape index (κ1) is 31.1. The zero-order valence-corrected chi connectivity index (χ0v) is 28.8. The van der Waals surface area contributed by atoms with Crippen molar-refractivity contribution in [2.45, 2.75) is 12.8 Å². The lowest BCUT2D eigenvalue weighted by Crippen LogP contribution is -2.12. The monoisotopic (exact) mass is 683 g/mol. The van der Waals surface area contributed by atoms with E-state index in [0.29, 0.717) is 28.2 Å². The maximum atomic E-state index is 10.8. The molecule has 9 rings (SSSR count). The Hall–Kier alpha value is -6.86. The summed E-state index contributed by atoms with van der Waals surface area (Å²) in [6.07, 6.45) is 8.82. The third kappa shape index (κ3) is 5.40. The van der Waals surface area contributed by atoms with Crippen LogP contribution in [0.25, 0.3) is 59.3 Å². The summed E-state index contributed by atoms with van der Waals surface area (Å²) in [5, 5.41) is 24.0. The quantitative estimate of drug-likeness (QED) is 0.174. The second-order valence-corrected chi connectivity index (χ2v) is 13.7. The number of nitrogens with zero attached hydrogens (tertiary/aromatic N) is 5. The number of hydrogen-bond donors (Lipinski definition) is 0.